The molecule has 134 valence electrons. The lowest BCUT2D eigenvalue weighted by molar-refractivity contribution is -0.402. The molecule has 1 aliphatic carbocycles. The van der Waals surface area contributed by atoms with Gasteiger partial charge in [-0.3, -0.25) is 10.1 Å². The quantitative estimate of drug-likeness (QED) is 0.382. The van der Waals surface area contributed by atoms with Crippen molar-refractivity contribution in [3.63, 3.8) is 0 Å². The lowest BCUT2D eigenvalue weighted by Crippen LogP contribution is -2.42. The molecule has 0 aromatic heterocycles. The van der Waals surface area contributed by atoms with Crippen LogP contribution >= 0.6 is 0 Å². The van der Waals surface area contributed by atoms with Crippen LogP contribution in [0.5, 0.6) is 0 Å². The highest BCUT2D eigenvalue weighted by molar-refractivity contribution is 5.81. The Kier molecular flexibility index (Phi) is 7.14. The molecule has 25 heavy (non-hydrogen) atoms. The number of aliphatic hydroxyl groups is 1. The minimum absolute atomic E-state index is 0.0716. The van der Waals surface area contributed by atoms with Gasteiger partial charge in [0.15, 0.2) is 6.29 Å². The first-order valence-corrected chi connectivity index (χ1v) is 8.93. The zero-order valence-corrected chi connectivity index (χ0v) is 15.4. The number of nitrogens with one attached hydrogen (secondary N) is 1. The Balaban J connectivity index is 2.39. The van der Waals surface area contributed by atoms with Crippen LogP contribution in [0.15, 0.2) is 36.4 Å². The predicted octanol–water partition coefficient (Wildman–Crippen LogP) is 3.44. The highest BCUT2D eigenvalue weighted by Gasteiger charge is 2.25. The van der Waals surface area contributed by atoms with Crippen molar-refractivity contribution in [2.24, 2.45) is 0 Å². The van der Waals surface area contributed by atoms with Gasteiger partial charge in [-0.1, -0.05) is 30.7 Å². The lowest BCUT2D eigenvalue weighted by atomic mass is 9.93. The van der Waals surface area contributed by atoms with E-state index in [2.05, 4.69) is 5.32 Å². The largest absolute Gasteiger partial charge is 0.389 e. The van der Waals surface area contributed by atoms with Crippen LogP contribution in [0.1, 0.15) is 47.2 Å². The summed E-state index contributed by atoms with van der Waals surface area (Å²) < 4.78 is 1.90. The second kappa shape index (κ2) is 9.33. The number of nitrogens with zero attached hydrogens (tertiary/aromatic N) is 1. The second-order valence-electron chi connectivity index (χ2n) is 6.74. The minimum Gasteiger partial charge on any atom is -0.389 e. The van der Waals surface area contributed by atoms with Gasteiger partial charge in [-0.15, -0.1) is 0 Å². The molecule has 0 saturated heterocycles. The van der Waals surface area contributed by atoms with Crippen molar-refractivity contribution in [3.8, 4) is 0 Å². The van der Waals surface area contributed by atoms with Crippen LogP contribution < -0.4 is 5.32 Å². The van der Waals surface area contributed by atoms with Gasteiger partial charge in [0.25, 0.3) is 0 Å². The van der Waals surface area contributed by atoms with Gasteiger partial charge >= 0.3 is 0 Å². The molecule has 0 radical (unpaired) electrons. The summed E-state index contributed by atoms with van der Waals surface area (Å²) >= 11 is 0. The van der Waals surface area contributed by atoms with Crippen LogP contribution in [-0.4, -0.2) is 41.5 Å². The van der Waals surface area contributed by atoms with Crippen molar-refractivity contribution >= 4 is 18.3 Å². The fraction of sp³-hybridized carbons (Fsp3) is 0.429. The molecule has 0 aliphatic heterocycles. The molecule has 1 saturated carbocycles. The van der Waals surface area contributed by atoms with Gasteiger partial charge in [-0.25, -0.2) is 4.58 Å². The Bertz CT molecular complexity index is 696. The topological polar surface area (TPSA) is 52.3 Å². The van der Waals surface area contributed by atoms with E-state index in [0.29, 0.717) is 5.56 Å². The van der Waals surface area contributed by atoms with Gasteiger partial charge in [0.05, 0.1) is 18.7 Å². The van der Waals surface area contributed by atoms with Crippen molar-refractivity contribution in [1.82, 2.24) is 5.32 Å². The molecule has 1 fully saturated rings. The summed E-state index contributed by atoms with van der Waals surface area (Å²) in [6.45, 7) is 4.04. The van der Waals surface area contributed by atoms with Gasteiger partial charge in [0, 0.05) is 0 Å². The third-order valence-electron chi connectivity index (χ3n) is 4.83. The number of aldehydes is 1. The Labute approximate surface area is 150 Å². The van der Waals surface area contributed by atoms with E-state index in [0.717, 1.165) is 48.8 Å². The van der Waals surface area contributed by atoms with Crippen LogP contribution in [-0.2, 0) is 0 Å². The lowest BCUT2D eigenvalue weighted by Gasteiger charge is -2.24. The summed E-state index contributed by atoms with van der Waals surface area (Å²) in [5, 5.41) is 13.4. The van der Waals surface area contributed by atoms with Crippen molar-refractivity contribution in [2.75, 3.05) is 7.05 Å². The normalized spacial score (nSPS) is 20.6. The number of rotatable bonds is 4. The molecule has 4 heteroatoms. The van der Waals surface area contributed by atoms with Gasteiger partial charge < -0.3 is 5.11 Å². The minimum atomic E-state index is -0.310. The maximum atomic E-state index is 11.7. The average Bonchev–Trinajstić information content (AvgIpc) is 2.61. The predicted molar refractivity (Wildman–Crippen MR) is 102 cm³/mol. The SMILES string of the molecule is Cc1cccccc([N+](C)=CNC2CCCCC2O)c(C=O)cc1C. The molecule has 2 atom stereocenters. The molecular formula is C21H29N2O2+. The standard InChI is InChI=1S/C21H28N2O2/c1-16-9-5-4-6-11-20(18(14-24)13-17(16)2)23(3)15-22-19-10-7-8-12-21(19)25/h4-6,9,11,13-15,19,21,25H,7-8,10,12H2,1-3H3/p+1. The number of carbonyl (C=O) groups is 1. The van der Waals surface area contributed by atoms with E-state index in [9.17, 15) is 9.90 Å². The molecular weight excluding hydrogens is 312 g/mol. The van der Waals surface area contributed by atoms with Gasteiger partial charge in [0.2, 0.25) is 6.34 Å². The molecule has 0 bridgehead atoms. The van der Waals surface area contributed by atoms with E-state index >= 15 is 0 Å². The summed E-state index contributed by atoms with van der Waals surface area (Å²) in [6.07, 6.45) is 6.46. The molecule has 1 aliphatic rings. The van der Waals surface area contributed by atoms with Gasteiger partial charge in [-0.2, -0.15) is 0 Å². The molecule has 1 aromatic carbocycles. The Hall–Kier alpha value is -2.20. The van der Waals surface area contributed by atoms with Gasteiger partial charge in [-0.05, 0) is 56.4 Å². The summed E-state index contributed by atoms with van der Waals surface area (Å²) in [5.41, 5.74) is 3.62. The van der Waals surface area contributed by atoms with Crippen LogP contribution in [0.25, 0.3) is 0 Å². The maximum Gasteiger partial charge on any atom is 0.237 e. The molecule has 4 nitrogen and oxygen atoms in total. The molecule has 2 N–H and O–H groups in total. The third kappa shape index (κ3) is 5.40. The van der Waals surface area contributed by atoms with Crippen LogP contribution in [0.2, 0.25) is 0 Å². The molecule has 0 heterocycles. The highest BCUT2D eigenvalue weighted by Crippen LogP contribution is 2.18. The van der Waals surface area contributed by atoms with E-state index in [1.54, 1.807) is 0 Å². The molecule has 1 aromatic rings. The molecule has 2 rings (SSSR count). The monoisotopic (exact) mass is 341 g/mol. The van der Waals surface area contributed by atoms with Gasteiger partial charge in [0.1, 0.15) is 11.7 Å². The Morgan fingerprint density at radius 3 is 2.56 bits per heavy atom. The first kappa shape index (κ1) is 19.1. The number of aryl methyl sites for hydroxylation is 2. The van der Waals surface area contributed by atoms with E-state index < -0.39 is 0 Å². The highest BCUT2D eigenvalue weighted by atomic mass is 16.3. The summed E-state index contributed by atoms with van der Waals surface area (Å²) in [4.78, 5) is 11.7. The number of hydrogen-bond donors (Lipinski definition) is 2. The summed E-state index contributed by atoms with van der Waals surface area (Å²) in [7, 11) is 1.91. The average molecular weight is 341 g/mol. The van der Waals surface area contributed by atoms with Crippen LogP contribution in [0, 0.1) is 13.8 Å². The molecule has 0 spiro atoms. The first-order valence-electron chi connectivity index (χ1n) is 8.93. The second-order valence-corrected chi connectivity index (χ2v) is 6.74. The molecule has 0 amide bonds. The van der Waals surface area contributed by atoms with E-state index in [4.69, 9.17) is 0 Å². The Morgan fingerprint density at radius 2 is 1.84 bits per heavy atom. The van der Waals surface area contributed by atoms with Crippen molar-refractivity contribution in [2.45, 2.75) is 51.7 Å². The third-order valence-corrected chi connectivity index (χ3v) is 4.83. The summed E-state index contributed by atoms with van der Waals surface area (Å²) in [6, 6.07) is 11.8. The van der Waals surface area contributed by atoms with Crippen molar-refractivity contribution in [3.05, 3.63) is 53.1 Å². The Morgan fingerprint density at radius 1 is 1.12 bits per heavy atom. The fourth-order valence-corrected chi connectivity index (χ4v) is 3.06. The van der Waals surface area contributed by atoms with E-state index in [-0.39, 0.29) is 12.1 Å². The van der Waals surface area contributed by atoms with Crippen molar-refractivity contribution in [1.29, 1.82) is 0 Å². The van der Waals surface area contributed by atoms with Crippen LogP contribution in [0.4, 0.5) is 5.69 Å². The molecule has 2 unspecified atom stereocenters. The number of aliphatic hydroxyl groups excluding tert-OH is 1. The number of carbonyl (C=O) groups excluding carboxylic acids is 1. The van der Waals surface area contributed by atoms with Crippen LogP contribution in [0.3, 0.4) is 0 Å². The maximum absolute atomic E-state index is 11.7. The zero-order chi connectivity index (χ0) is 18.2. The van der Waals surface area contributed by atoms with Crippen molar-refractivity contribution < 1.29 is 14.5 Å². The van der Waals surface area contributed by atoms with E-state index in [1.165, 1.54) is 0 Å². The smallest absolute Gasteiger partial charge is 0.237 e. The van der Waals surface area contributed by atoms with E-state index in [1.807, 2.05) is 68.2 Å². The number of hydrogen-bond acceptors (Lipinski definition) is 2. The first-order chi connectivity index (χ1) is 12.0. The fourth-order valence-electron chi connectivity index (χ4n) is 3.06. The summed E-state index contributed by atoms with van der Waals surface area (Å²) in [5.74, 6) is 0. The zero-order valence-electron chi connectivity index (χ0n) is 15.4.